The first-order valence-corrected chi connectivity index (χ1v) is 9.75. The molecule has 2 fully saturated rings. The molecule has 6 heteroatoms. The molecular weight excluding hydrogens is 382 g/mol. The van der Waals surface area contributed by atoms with Gasteiger partial charge in [-0.3, -0.25) is 4.99 Å². The van der Waals surface area contributed by atoms with Gasteiger partial charge in [0.2, 0.25) is 0 Å². The third kappa shape index (κ3) is 4.36. The second-order valence-electron chi connectivity index (χ2n) is 7.04. The molecule has 0 bridgehead atoms. The molecule has 1 saturated heterocycles. The molecule has 25 heavy (non-hydrogen) atoms. The Kier molecular flexibility index (Phi) is 6.02. The summed E-state index contributed by atoms with van der Waals surface area (Å²) in [6.45, 7) is 3.15. The molecule has 2 N–H and O–H groups in total. The fraction of sp³-hybridized carbons (Fsp3) is 0.632. The van der Waals surface area contributed by atoms with Gasteiger partial charge in [-0.15, -0.1) is 0 Å². The van der Waals surface area contributed by atoms with Gasteiger partial charge in [0.05, 0.1) is 5.60 Å². The molecule has 3 rings (SSSR count). The van der Waals surface area contributed by atoms with E-state index in [1.807, 2.05) is 7.05 Å². The summed E-state index contributed by atoms with van der Waals surface area (Å²) in [5.41, 5.74) is 1.45. The van der Waals surface area contributed by atoms with Crippen LogP contribution in [-0.2, 0) is 14.9 Å². The summed E-state index contributed by atoms with van der Waals surface area (Å²) in [5.74, 6) is 0.834. The number of guanidine groups is 1. The van der Waals surface area contributed by atoms with Gasteiger partial charge in [-0.1, -0.05) is 34.1 Å². The van der Waals surface area contributed by atoms with Crippen LogP contribution in [0.1, 0.15) is 31.2 Å². The zero-order valence-electron chi connectivity index (χ0n) is 15.1. The van der Waals surface area contributed by atoms with Crippen LogP contribution in [-0.4, -0.2) is 52.0 Å². The second kappa shape index (κ2) is 8.06. The Morgan fingerprint density at radius 2 is 1.84 bits per heavy atom. The number of rotatable bonds is 6. The number of methoxy groups -OCH3 is 1. The number of benzene rings is 1. The van der Waals surface area contributed by atoms with Gasteiger partial charge in [-0.25, -0.2) is 0 Å². The van der Waals surface area contributed by atoms with E-state index < -0.39 is 0 Å². The minimum absolute atomic E-state index is 0.157. The first-order chi connectivity index (χ1) is 12.1. The molecule has 0 amide bonds. The van der Waals surface area contributed by atoms with Crippen LogP contribution in [0.5, 0.6) is 0 Å². The van der Waals surface area contributed by atoms with E-state index in [4.69, 9.17) is 9.47 Å². The molecule has 1 aliphatic heterocycles. The fourth-order valence-electron chi connectivity index (χ4n) is 3.50. The molecule has 0 spiro atoms. The minimum Gasteiger partial charge on any atom is -0.381 e. The van der Waals surface area contributed by atoms with Crippen molar-refractivity contribution < 1.29 is 9.47 Å². The summed E-state index contributed by atoms with van der Waals surface area (Å²) >= 11 is 3.69. The molecule has 0 radical (unpaired) electrons. The van der Waals surface area contributed by atoms with Crippen molar-refractivity contribution in [2.24, 2.45) is 4.99 Å². The summed E-state index contributed by atoms with van der Waals surface area (Å²) in [5, 5.41) is 6.95. The van der Waals surface area contributed by atoms with Crippen molar-refractivity contribution in [3.63, 3.8) is 0 Å². The van der Waals surface area contributed by atoms with Gasteiger partial charge >= 0.3 is 0 Å². The zero-order chi connectivity index (χ0) is 17.8. The van der Waals surface area contributed by atoms with E-state index in [1.165, 1.54) is 22.9 Å². The summed E-state index contributed by atoms with van der Waals surface area (Å²) in [6.07, 6.45) is 4.24. The van der Waals surface area contributed by atoms with Crippen LogP contribution >= 0.6 is 15.9 Å². The zero-order valence-corrected chi connectivity index (χ0v) is 16.7. The number of hydrogen-bond donors (Lipinski definition) is 2. The largest absolute Gasteiger partial charge is 0.381 e. The van der Waals surface area contributed by atoms with Gasteiger partial charge in [0.1, 0.15) is 0 Å². The lowest BCUT2D eigenvalue weighted by molar-refractivity contribution is -0.0855. The Morgan fingerprint density at radius 3 is 2.44 bits per heavy atom. The first-order valence-electron chi connectivity index (χ1n) is 8.96. The van der Waals surface area contributed by atoms with Crippen molar-refractivity contribution in [1.29, 1.82) is 0 Å². The maximum Gasteiger partial charge on any atom is 0.191 e. The molecular formula is C19H28BrN3O2. The van der Waals surface area contributed by atoms with Crippen molar-refractivity contribution >= 4 is 21.9 Å². The van der Waals surface area contributed by atoms with E-state index in [1.54, 1.807) is 7.11 Å². The lowest BCUT2D eigenvalue weighted by Gasteiger charge is -2.36. The molecule has 0 unspecified atom stereocenters. The summed E-state index contributed by atoms with van der Waals surface area (Å²) in [4.78, 5) is 4.38. The number of nitrogens with zero attached hydrogens (tertiary/aromatic N) is 1. The molecule has 1 heterocycles. The van der Waals surface area contributed by atoms with Gasteiger partial charge < -0.3 is 20.1 Å². The van der Waals surface area contributed by atoms with E-state index in [-0.39, 0.29) is 11.0 Å². The highest BCUT2D eigenvalue weighted by Crippen LogP contribution is 2.49. The Balaban J connectivity index is 1.56. The van der Waals surface area contributed by atoms with Crippen molar-refractivity contribution in [3.8, 4) is 0 Å². The van der Waals surface area contributed by atoms with Crippen LogP contribution in [0.25, 0.3) is 0 Å². The third-order valence-corrected chi connectivity index (χ3v) is 6.22. The van der Waals surface area contributed by atoms with Crippen LogP contribution in [0.3, 0.4) is 0 Å². The monoisotopic (exact) mass is 409 g/mol. The highest BCUT2D eigenvalue weighted by Gasteiger charge is 2.45. The van der Waals surface area contributed by atoms with Crippen LogP contribution in [0, 0.1) is 0 Å². The van der Waals surface area contributed by atoms with Crippen LogP contribution in [0.15, 0.2) is 33.7 Å². The third-order valence-electron chi connectivity index (χ3n) is 5.53. The van der Waals surface area contributed by atoms with Gasteiger partial charge in [0.15, 0.2) is 5.96 Å². The molecule has 1 aliphatic carbocycles. The van der Waals surface area contributed by atoms with Crippen molar-refractivity contribution in [3.05, 3.63) is 34.3 Å². The lowest BCUT2D eigenvalue weighted by Crippen LogP contribution is -2.51. The quantitative estimate of drug-likeness (QED) is 0.560. The molecule has 1 saturated carbocycles. The number of nitrogens with one attached hydrogen (secondary N) is 2. The van der Waals surface area contributed by atoms with Gasteiger partial charge in [-0.05, 0) is 24.5 Å². The molecule has 5 nitrogen and oxygen atoms in total. The average molecular weight is 410 g/mol. The van der Waals surface area contributed by atoms with Crippen molar-refractivity contribution in [2.45, 2.75) is 36.7 Å². The van der Waals surface area contributed by atoms with Crippen LogP contribution < -0.4 is 10.6 Å². The number of halogens is 1. The Morgan fingerprint density at radius 1 is 1.16 bits per heavy atom. The maximum atomic E-state index is 5.79. The molecule has 1 aromatic carbocycles. The first kappa shape index (κ1) is 18.7. The Hall–Kier alpha value is -1.11. The number of aliphatic imine (C=N–C) groups is 1. The molecule has 1 aromatic rings. The Bertz CT molecular complexity index is 610. The summed E-state index contributed by atoms with van der Waals surface area (Å²) in [7, 11) is 3.60. The van der Waals surface area contributed by atoms with E-state index >= 15 is 0 Å². The summed E-state index contributed by atoms with van der Waals surface area (Å²) < 4.78 is 12.4. The highest BCUT2D eigenvalue weighted by molar-refractivity contribution is 9.10. The van der Waals surface area contributed by atoms with E-state index in [9.17, 15) is 0 Å². The highest BCUT2D eigenvalue weighted by atomic mass is 79.9. The van der Waals surface area contributed by atoms with E-state index in [2.05, 4.69) is 55.8 Å². The number of hydrogen-bond acceptors (Lipinski definition) is 3. The molecule has 2 aliphatic rings. The normalized spacial score (nSPS) is 21.6. The predicted molar refractivity (Wildman–Crippen MR) is 104 cm³/mol. The Labute approximate surface area is 158 Å². The lowest BCUT2D eigenvalue weighted by atomic mass is 9.94. The number of ether oxygens (including phenoxy) is 2. The van der Waals surface area contributed by atoms with Crippen molar-refractivity contribution in [1.82, 2.24) is 10.6 Å². The van der Waals surface area contributed by atoms with E-state index in [0.29, 0.717) is 0 Å². The molecule has 0 aromatic heterocycles. The van der Waals surface area contributed by atoms with Crippen LogP contribution in [0.2, 0.25) is 0 Å². The van der Waals surface area contributed by atoms with Gasteiger partial charge in [0.25, 0.3) is 0 Å². The SMILES string of the molecule is CN=C(NCC1(OC)CCOCC1)NCC1(c2ccccc2Br)CC1. The molecule has 0 atom stereocenters. The maximum absolute atomic E-state index is 5.79. The standard InChI is InChI=1S/C19H28BrN3O2/c1-21-17(23-14-19(24-2)9-11-25-12-10-19)22-13-18(7-8-18)15-5-3-4-6-16(15)20/h3-6H,7-14H2,1-2H3,(H2,21,22,23). The van der Waals surface area contributed by atoms with Gasteiger partial charge in [0, 0.05) is 63.2 Å². The van der Waals surface area contributed by atoms with Crippen molar-refractivity contribution in [2.75, 3.05) is 40.5 Å². The summed E-state index contributed by atoms with van der Waals surface area (Å²) in [6, 6.07) is 8.52. The van der Waals surface area contributed by atoms with Gasteiger partial charge in [-0.2, -0.15) is 0 Å². The molecule has 138 valence electrons. The topological polar surface area (TPSA) is 54.9 Å². The second-order valence-corrected chi connectivity index (χ2v) is 7.89. The fourth-order valence-corrected chi connectivity index (χ4v) is 4.20. The smallest absolute Gasteiger partial charge is 0.191 e. The van der Waals surface area contributed by atoms with Crippen LogP contribution in [0.4, 0.5) is 0 Å². The van der Waals surface area contributed by atoms with E-state index in [0.717, 1.165) is 45.1 Å². The average Bonchev–Trinajstić information content (AvgIpc) is 3.44. The predicted octanol–water partition coefficient (Wildman–Crippen LogP) is 2.84. The minimum atomic E-state index is -0.157.